The van der Waals surface area contributed by atoms with E-state index in [9.17, 15) is 9.59 Å². The zero-order valence-corrected chi connectivity index (χ0v) is 26.5. The maximum Gasteiger partial charge on any atom is 0.411 e. The first kappa shape index (κ1) is 30.6. The van der Waals surface area contributed by atoms with Crippen LogP contribution in [-0.2, 0) is 4.74 Å². The van der Waals surface area contributed by atoms with Crippen molar-refractivity contribution in [3.8, 4) is 22.4 Å². The second kappa shape index (κ2) is 13.4. The molecule has 0 saturated heterocycles. The van der Waals surface area contributed by atoms with Crippen molar-refractivity contribution in [2.45, 2.75) is 12.8 Å². The maximum atomic E-state index is 13.6. The number of nitrogens with zero attached hydrogens (tertiary/aromatic N) is 3. The summed E-state index contributed by atoms with van der Waals surface area (Å²) < 4.78 is 5.71. The third-order valence-corrected chi connectivity index (χ3v) is 8.40. The van der Waals surface area contributed by atoms with Crippen molar-refractivity contribution in [2.24, 2.45) is 0 Å². The van der Waals surface area contributed by atoms with Gasteiger partial charge < -0.3 is 15.4 Å². The number of halogens is 1. The fourth-order valence-electron chi connectivity index (χ4n) is 5.81. The van der Waals surface area contributed by atoms with E-state index >= 15 is 0 Å². The molecule has 0 fully saturated rings. The van der Waals surface area contributed by atoms with Crippen LogP contribution in [0.5, 0.6) is 0 Å². The molecule has 48 heavy (non-hydrogen) atoms. The van der Waals surface area contributed by atoms with E-state index in [0.29, 0.717) is 22.3 Å². The smallest absolute Gasteiger partial charge is 0.411 e. The Morgan fingerprint density at radius 2 is 1.58 bits per heavy atom. The van der Waals surface area contributed by atoms with Gasteiger partial charge in [-0.3, -0.25) is 15.1 Å². The number of aryl methyl sites for hydroxylation is 1. The van der Waals surface area contributed by atoms with Crippen molar-refractivity contribution < 1.29 is 14.3 Å². The van der Waals surface area contributed by atoms with Gasteiger partial charge in [0.05, 0.1) is 16.9 Å². The van der Waals surface area contributed by atoms with E-state index in [1.165, 1.54) is 6.07 Å². The molecule has 2 heterocycles. The molecule has 0 spiro atoms. The van der Waals surface area contributed by atoms with Gasteiger partial charge in [0, 0.05) is 46.5 Å². The van der Waals surface area contributed by atoms with Gasteiger partial charge in [-0.05, 0) is 83.3 Å². The Balaban J connectivity index is 1.04. The van der Waals surface area contributed by atoms with Crippen LogP contribution < -0.4 is 16.0 Å². The molecule has 0 bridgehead atoms. The zero-order valence-electron chi connectivity index (χ0n) is 25.8. The van der Waals surface area contributed by atoms with Crippen LogP contribution in [0.1, 0.15) is 33.0 Å². The van der Waals surface area contributed by atoms with E-state index in [0.717, 1.165) is 39.1 Å². The third-order valence-electron chi connectivity index (χ3n) is 8.16. The van der Waals surface area contributed by atoms with E-state index in [-0.39, 0.29) is 23.8 Å². The number of benzene rings is 4. The number of carbonyl (C=O) groups excluding carboxylic acids is 2. The standard InChI is InChI=1S/C38H29ClN6O3/c1-23-12-14-26(20-35(23)44-37-41-18-16-33(43-37)24-7-6-17-40-21-24)42-36(46)31-19-25(39)13-15-34(31)45-38(47)48-22-32-29-10-4-2-8-27(29)28-9-3-5-11-30(28)32/h2-21,32H,22H2,1H3,(H,42,46)(H,45,47)(H,41,43,44). The molecule has 3 N–H and O–H groups in total. The third kappa shape index (κ3) is 6.44. The molecule has 0 atom stereocenters. The highest BCUT2D eigenvalue weighted by molar-refractivity contribution is 6.31. The minimum Gasteiger partial charge on any atom is -0.448 e. The lowest BCUT2D eigenvalue weighted by Crippen LogP contribution is -2.21. The first-order valence-corrected chi connectivity index (χ1v) is 15.6. The van der Waals surface area contributed by atoms with E-state index < -0.39 is 12.0 Å². The number of pyridine rings is 1. The van der Waals surface area contributed by atoms with Gasteiger partial charge in [0.15, 0.2) is 0 Å². The number of nitrogens with one attached hydrogen (secondary N) is 3. The molecular weight excluding hydrogens is 624 g/mol. The molecule has 2 aromatic heterocycles. The summed E-state index contributed by atoms with van der Waals surface area (Å²) in [5.74, 6) is -0.160. The fraction of sp³-hybridized carbons (Fsp3) is 0.0789. The number of carbonyl (C=O) groups is 2. The number of aromatic nitrogens is 3. The molecule has 1 aliphatic rings. The summed E-state index contributed by atoms with van der Waals surface area (Å²) in [6.45, 7) is 2.08. The van der Waals surface area contributed by atoms with Crippen LogP contribution in [0.3, 0.4) is 0 Å². The van der Waals surface area contributed by atoms with Crippen molar-refractivity contribution in [1.29, 1.82) is 0 Å². The lowest BCUT2D eigenvalue weighted by Gasteiger charge is -2.16. The van der Waals surface area contributed by atoms with Crippen LogP contribution in [0.4, 0.5) is 27.8 Å². The van der Waals surface area contributed by atoms with Crippen LogP contribution in [0, 0.1) is 6.92 Å². The summed E-state index contributed by atoms with van der Waals surface area (Å²) in [5, 5.41) is 9.23. The van der Waals surface area contributed by atoms with Crippen molar-refractivity contribution in [2.75, 3.05) is 22.6 Å². The Labute approximate surface area is 282 Å². The normalized spacial score (nSPS) is 11.7. The molecule has 7 rings (SSSR count). The van der Waals surface area contributed by atoms with Gasteiger partial charge in [0.1, 0.15) is 6.61 Å². The summed E-state index contributed by atoms with van der Waals surface area (Å²) in [6, 6.07) is 32.0. The molecule has 0 aliphatic heterocycles. The van der Waals surface area contributed by atoms with Crippen LogP contribution in [-0.4, -0.2) is 33.6 Å². The lowest BCUT2D eigenvalue weighted by molar-refractivity contribution is 0.102. The summed E-state index contributed by atoms with van der Waals surface area (Å²) in [4.78, 5) is 39.7. The highest BCUT2D eigenvalue weighted by Gasteiger charge is 2.29. The second-order valence-corrected chi connectivity index (χ2v) is 11.7. The number of hydrogen-bond acceptors (Lipinski definition) is 7. The van der Waals surface area contributed by atoms with Crippen molar-refractivity contribution >= 4 is 46.6 Å². The SMILES string of the molecule is Cc1ccc(NC(=O)c2cc(Cl)ccc2NC(=O)OCC2c3ccccc3-c3ccccc32)cc1Nc1nccc(-c2cccnc2)n1. The summed E-state index contributed by atoms with van der Waals surface area (Å²) in [6.07, 6.45) is 4.43. The zero-order chi connectivity index (χ0) is 33.0. The molecule has 10 heteroatoms. The monoisotopic (exact) mass is 652 g/mol. The summed E-state index contributed by atoms with van der Waals surface area (Å²) >= 11 is 6.28. The lowest BCUT2D eigenvalue weighted by atomic mass is 9.98. The molecule has 9 nitrogen and oxygen atoms in total. The summed E-state index contributed by atoms with van der Waals surface area (Å²) in [5.41, 5.74) is 8.67. The van der Waals surface area contributed by atoms with Gasteiger partial charge in [-0.2, -0.15) is 0 Å². The Hall–Kier alpha value is -6.06. The minimum atomic E-state index is -0.677. The Kier molecular flexibility index (Phi) is 8.51. The van der Waals surface area contributed by atoms with E-state index in [4.69, 9.17) is 16.3 Å². The van der Waals surface area contributed by atoms with Crippen molar-refractivity contribution in [1.82, 2.24) is 15.0 Å². The number of rotatable bonds is 8. The average Bonchev–Trinajstić information content (AvgIpc) is 3.43. The molecule has 0 unspecified atom stereocenters. The van der Waals surface area contributed by atoms with Crippen molar-refractivity contribution in [3.63, 3.8) is 0 Å². The first-order valence-electron chi connectivity index (χ1n) is 15.3. The van der Waals surface area contributed by atoms with Gasteiger partial charge in [0.2, 0.25) is 5.95 Å². The summed E-state index contributed by atoms with van der Waals surface area (Å²) in [7, 11) is 0. The van der Waals surface area contributed by atoms with Crippen molar-refractivity contribution in [3.05, 3.63) is 149 Å². The topological polar surface area (TPSA) is 118 Å². The van der Waals surface area contributed by atoms with Crippen LogP contribution >= 0.6 is 11.6 Å². The predicted octanol–water partition coefficient (Wildman–Crippen LogP) is 8.86. The van der Waals surface area contributed by atoms with E-state index in [1.807, 2.05) is 55.5 Å². The van der Waals surface area contributed by atoms with Gasteiger partial charge >= 0.3 is 6.09 Å². The molecule has 236 valence electrons. The van der Waals surface area contributed by atoms with Gasteiger partial charge in [-0.1, -0.05) is 66.2 Å². The van der Waals surface area contributed by atoms with Gasteiger partial charge in [0.25, 0.3) is 5.91 Å². The Bertz CT molecular complexity index is 2110. The number of fused-ring (bicyclic) bond motifs is 3. The highest BCUT2D eigenvalue weighted by Crippen LogP contribution is 2.44. The molecule has 0 saturated carbocycles. The minimum absolute atomic E-state index is 0.0938. The first-order chi connectivity index (χ1) is 23.4. The Morgan fingerprint density at radius 3 is 2.33 bits per heavy atom. The highest BCUT2D eigenvalue weighted by atomic mass is 35.5. The maximum absolute atomic E-state index is 13.6. The van der Waals surface area contributed by atoms with Gasteiger partial charge in [-0.15, -0.1) is 0 Å². The number of hydrogen-bond donors (Lipinski definition) is 3. The molecule has 2 amide bonds. The molecule has 4 aromatic carbocycles. The number of anilines is 4. The van der Waals surface area contributed by atoms with Crippen LogP contribution in [0.2, 0.25) is 5.02 Å². The molecule has 6 aromatic rings. The molecule has 0 radical (unpaired) electrons. The molecule has 1 aliphatic carbocycles. The largest absolute Gasteiger partial charge is 0.448 e. The number of ether oxygens (including phenoxy) is 1. The predicted molar refractivity (Wildman–Crippen MR) is 188 cm³/mol. The molecular formula is C38H29ClN6O3. The van der Waals surface area contributed by atoms with E-state index in [2.05, 4.69) is 55.2 Å². The average molecular weight is 653 g/mol. The fourth-order valence-corrected chi connectivity index (χ4v) is 5.98. The van der Waals surface area contributed by atoms with E-state index in [1.54, 1.807) is 42.9 Å². The van der Waals surface area contributed by atoms with Crippen LogP contribution in [0.25, 0.3) is 22.4 Å². The van der Waals surface area contributed by atoms with Gasteiger partial charge in [-0.25, -0.2) is 14.8 Å². The Morgan fingerprint density at radius 1 is 0.812 bits per heavy atom. The second-order valence-electron chi connectivity index (χ2n) is 11.3. The quantitative estimate of drug-likeness (QED) is 0.150. The van der Waals surface area contributed by atoms with Crippen LogP contribution in [0.15, 0.2) is 122 Å². The number of amides is 2.